The molecule has 2 aromatic carbocycles. The highest BCUT2D eigenvalue weighted by atomic mass is 35.5. The number of nitriles is 1. The second-order valence-corrected chi connectivity index (χ2v) is 6.69. The largest absolute Gasteiger partial charge is 0.383 e. The lowest BCUT2D eigenvalue weighted by atomic mass is 9.93. The summed E-state index contributed by atoms with van der Waals surface area (Å²) in [5, 5.41) is 11.1. The Morgan fingerprint density at radius 1 is 1.00 bits per heavy atom. The maximum absolute atomic E-state index is 9.57. The number of aromatic nitrogens is 1. The number of hydrogen-bond donors (Lipinski definition) is 1. The normalized spacial score (nSPS) is 10.5. The van der Waals surface area contributed by atoms with Crippen LogP contribution in [0.3, 0.4) is 0 Å². The number of halogens is 3. The van der Waals surface area contributed by atoms with Crippen LogP contribution in [0.2, 0.25) is 15.1 Å². The van der Waals surface area contributed by atoms with Crippen LogP contribution < -0.4 is 5.73 Å². The lowest BCUT2D eigenvalue weighted by Gasteiger charge is -2.16. The highest BCUT2D eigenvalue weighted by Gasteiger charge is 2.20. The molecule has 3 aromatic rings. The van der Waals surface area contributed by atoms with Crippen LogP contribution in [-0.4, -0.2) is 4.98 Å². The van der Waals surface area contributed by atoms with E-state index in [0.717, 1.165) is 11.1 Å². The monoisotopic (exact) mass is 387 g/mol. The molecule has 0 fully saturated rings. The number of hydrogen-bond acceptors (Lipinski definition) is 3. The van der Waals surface area contributed by atoms with E-state index in [-0.39, 0.29) is 5.82 Å². The Labute approximate surface area is 160 Å². The molecule has 0 saturated carbocycles. The zero-order valence-electron chi connectivity index (χ0n) is 13.1. The fourth-order valence-electron chi connectivity index (χ4n) is 2.75. The highest BCUT2D eigenvalue weighted by Crippen LogP contribution is 2.40. The number of nitrogen functional groups attached to an aromatic ring is 1. The molecule has 0 bridgehead atoms. The van der Waals surface area contributed by atoms with Crippen molar-refractivity contribution >= 4 is 40.6 Å². The van der Waals surface area contributed by atoms with E-state index in [2.05, 4.69) is 11.1 Å². The summed E-state index contributed by atoms with van der Waals surface area (Å²) in [6, 6.07) is 14.6. The molecule has 0 spiro atoms. The summed E-state index contributed by atoms with van der Waals surface area (Å²) in [7, 11) is 0. The van der Waals surface area contributed by atoms with E-state index in [1.54, 1.807) is 24.3 Å². The first-order chi connectivity index (χ1) is 11.9. The molecule has 0 aliphatic heterocycles. The SMILES string of the molecule is Cc1c(-c2ccc(Cl)cc2Cl)nc(N)c(C#N)c1-c1ccccc1Cl. The van der Waals surface area contributed by atoms with Gasteiger partial charge in [0.15, 0.2) is 0 Å². The van der Waals surface area contributed by atoms with Gasteiger partial charge in [-0.15, -0.1) is 0 Å². The molecule has 0 radical (unpaired) electrons. The lowest BCUT2D eigenvalue weighted by molar-refractivity contribution is 1.26. The molecule has 1 heterocycles. The Bertz CT molecular complexity index is 1020. The van der Waals surface area contributed by atoms with Crippen LogP contribution >= 0.6 is 34.8 Å². The minimum Gasteiger partial charge on any atom is -0.383 e. The van der Waals surface area contributed by atoms with Gasteiger partial charge < -0.3 is 5.73 Å². The van der Waals surface area contributed by atoms with Crippen molar-refractivity contribution in [2.45, 2.75) is 6.92 Å². The molecule has 2 N–H and O–H groups in total. The summed E-state index contributed by atoms with van der Waals surface area (Å²) in [5.74, 6) is 0.129. The summed E-state index contributed by atoms with van der Waals surface area (Å²) < 4.78 is 0. The van der Waals surface area contributed by atoms with E-state index in [4.69, 9.17) is 40.5 Å². The van der Waals surface area contributed by atoms with Crippen LogP contribution in [0.5, 0.6) is 0 Å². The van der Waals surface area contributed by atoms with Crippen LogP contribution in [0, 0.1) is 18.3 Å². The van der Waals surface area contributed by atoms with E-state index in [9.17, 15) is 5.26 Å². The first-order valence-electron chi connectivity index (χ1n) is 7.34. The third-order valence-electron chi connectivity index (χ3n) is 3.91. The van der Waals surface area contributed by atoms with Gasteiger partial charge >= 0.3 is 0 Å². The summed E-state index contributed by atoms with van der Waals surface area (Å²) in [6.07, 6.45) is 0. The molecule has 1 aromatic heterocycles. The van der Waals surface area contributed by atoms with Crippen LogP contribution in [0.4, 0.5) is 5.82 Å². The van der Waals surface area contributed by atoms with E-state index < -0.39 is 0 Å². The molecule has 6 heteroatoms. The highest BCUT2D eigenvalue weighted by molar-refractivity contribution is 6.36. The van der Waals surface area contributed by atoms with Crippen molar-refractivity contribution in [1.82, 2.24) is 4.98 Å². The molecule has 0 unspecified atom stereocenters. The van der Waals surface area contributed by atoms with Gasteiger partial charge in [0.1, 0.15) is 17.5 Å². The van der Waals surface area contributed by atoms with Crippen molar-refractivity contribution in [2.75, 3.05) is 5.73 Å². The Morgan fingerprint density at radius 3 is 2.36 bits per heavy atom. The molecule has 25 heavy (non-hydrogen) atoms. The molecule has 124 valence electrons. The summed E-state index contributed by atoms with van der Waals surface area (Å²) >= 11 is 18.7. The van der Waals surface area contributed by atoms with Gasteiger partial charge in [0.25, 0.3) is 0 Å². The molecule has 0 saturated heterocycles. The van der Waals surface area contributed by atoms with E-state index in [1.807, 2.05) is 25.1 Å². The maximum atomic E-state index is 9.57. The summed E-state index contributed by atoms with van der Waals surface area (Å²) in [5.41, 5.74) is 9.77. The smallest absolute Gasteiger partial charge is 0.142 e. The van der Waals surface area contributed by atoms with Gasteiger partial charge in [-0.05, 0) is 36.8 Å². The number of anilines is 1. The molecule has 0 atom stereocenters. The van der Waals surface area contributed by atoms with Crippen molar-refractivity contribution in [3.8, 4) is 28.5 Å². The predicted octanol–water partition coefficient (Wildman–Crippen LogP) is 6.14. The quantitative estimate of drug-likeness (QED) is 0.573. The van der Waals surface area contributed by atoms with E-state index >= 15 is 0 Å². The fourth-order valence-corrected chi connectivity index (χ4v) is 3.48. The van der Waals surface area contributed by atoms with Crippen molar-refractivity contribution in [3.63, 3.8) is 0 Å². The Morgan fingerprint density at radius 2 is 1.72 bits per heavy atom. The average molecular weight is 389 g/mol. The Balaban J connectivity index is 2.38. The van der Waals surface area contributed by atoms with E-state index in [1.165, 1.54) is 0 Å². The standard InChI is InChI=1S/C19H12Cl3N3/c1-10-17(12-4-2-3-5-15(12)21)14(9-23)19(24)25-18(10)13-7-6-11(20)8-16(13)22/h2-8H,1H3,(H2,24,25). The lowest BCUT2D eigenvalue weighted by Crippen LogP contribution is -2.03. The zero-order valence-corrected chi connectivity index (χ0v) is 15.4. The topological polar surface area (TPSA) is 62.7 Å². The first kappa shape index (κ1) is 17.6. The predicted molar refractivity (Wildman–Crippen MR) is 104 cm³/mol. The number of rotatable bonds is 2. The first-order valence-corrected chi connectivity index (χ1v) is 8.48. The number of benzene rings is 2. The van der Waals surface area contributed by atoms with Crippen LogP contribution in [0.25, 0.3) is 22.4 Å². The molecule has 3 rings (SSSR count). The maximum Gasteiger partial charge on any atom is 0.142 e. The van der Waals surface area contributed by atoms with Gasteiger partial charge in [-0.25, -0.2) is 4.98 Å². The molecule has 0 aliphatic rings. The molecular weight excluding hydrogens is 377 g/mol. The van der Waals surface area contributed by atoms with E-state index in [0.29, 0.717) is 37.5 Å². The van der Waals surface area contributed by atoms with Crippen molar-refractivity contribution in [2.24, 2.45) is 0 Å². The molecule has 0 aliphatic carbocycles. The van der Waals surface area contributed by atoms with Gasteiger partial charge in [-0.2, -0.15) is 5.26 Å². The Hall–Kier alpha value is -2.25. The second-order valence-electron chi connectivity index (χ2n) is 5.44. The molecule has 3 nitrogen and oxygen atoms in total. The van der Waals surface area contributed by atoms with Crippen molar-refractivity contribution in [3.05, 3.63) is 68.7 Å². The fraction of sp³-hybridized carbons (Fsp3) is 0.0526. The number of pyridine rings is 1. The van der Waals surface area contributed by atoms with Gasteiger partial charge in [0.2, 0.25) is 0 Å². The van der Waals surface area contributed by atoms with Crippen LogP contribution in [0.1, 0.15) is 11.1 Å². The van der Waals surface area contributed by atoms with Crippen LogP contribution in [-0.2, 0) is 0 Å². The second kappa shape index (κ2) is 6.93. The Kier molecular flexibility index (Phi) is 4.87. The third kappa shape index (κ3) is 3.17. The van der Waals surface area contributed by atoms with Gasteiger partial charge in [-0.1, -0.05) is 53.0 Å². The van der Waals surface area contributed by atoms with Gasteiger partial charge in [0.05, 0.1) is 10.7 Å². The number of nitrogens with zero attached hydrogens (tertiary/aromatic N) is 2. The minimum absolute atomic E-state index is 0.129. The van der Waals surface area contributed by atoms with Crippen LogP contribution in [0.15, 0.2) is 42.5 Å². The van der Waals surface area contributed by atoms with Gasteiger partial charge in [-0.3, -0.25) is 0 Å². The average Bonchev–Trinajstić information content (AvgIpc) is 2.57. The third-order valence-corrected chi connectivity index (χ3v) is 4.79. The van der Waals surface area contributed by atoms with Crippen molar-refractivity contribution < 1.29 is 0 Å². The molecule has 0 amide bonds. The zero-order chi connectivity index (χ0) is 18.1. The van der Waals surface area contributed by atoms with Crippen molar-refractivity contribution in [1.29, 1.82) is 5.26 Å². The summed E-state index contributed by atoms with van der Waals surface area (Å²) in [6.45, 7) is 1.87. The number of nitrogens with two attached hydrogens (primary N) is 1. The molecular formula is C19H12Cl3N3. The summed E-state index contributed by atoms with van der Waals surface area (Å²) in [4.78, 5) is 4.40. The minimum atomic E-state index is 0.129. The van der Waals surface area contributed by atoms with Gasteiger partial charge in [0, 0.05) is 26.7 Å².